The molecule has 11 heteroatoms. The predicted molar refractivity (Wildman–Crippen MR) is 248 cm³/mol. The van der Waals surface area contributed by atoms with Crippen molar-refractivity contribution in [1.29, 1.82) is 0 Å². The molecule has 61 heavy (non-hydrogen) atoms. The highest BCUT2D eigenvalue weighted by molar-refractivity contribution is 7.45. The lowest BCUT2D eigenvalue weighted by atomic mass is 10.1. The summed E-state index contributed by atoms with van der Waals surface area (Å²) in [7, 11) is -4.83. The molecule has 0 aliphatic rings. The maximum Gasteiger partial charge on any atom is 0.306 e. The lowest BCUT2D eigenvalue weighted by Gasteiger charge is -2.25. The van der Waals surface area contributed by atoms with Gasteiger partial charge < -0.3 is 28.7 Å². The maximum absolute atomic E-state index is 12.8. The van der Waals surface area contributed by atoms with Crippen molar-refractivity contribution in [3.63, 3.8) is 0 Å². The summed E-state index contributed by atoms with van der Waals surface area (Å²) in [6.45, 7) is 6.83. The number of esters is 2. The summed E-state index contributed by atoms with van der Waals surface area (Å²) in [5.74, 6) is -1.33. The molecule has 1 aromatic carbocycles. The molecule has 0 saturated heterocycles. The van der Waals surface area contributed by atoms with Crippen LogP contribution in [0.3, 0.4) is 0 Å². The molecule has 0 bridgehead atoms. The average Bonchev–Trinajstić information content (AvgIpc) is 3.26. The quantitative estimate of drug-likeness (QED) is 0.0294. The van der Waals surface area contributed by atoms with Crippen LogP contribution < -0.4 is 10.2 Å². The van der Waals surface area contributed by atoms with E-state index in [1.54, 1.807) is 30.3 Å². The molecule has 1 rings (SSSR count). The Hall–Kier alpha value is -3.04. The van der Waals surface area contributed by atoms with Gasteiger partial charge in [-0.05, 0) is 81.9 Å². The maximum atomic E-state index is 12.8. The SMILES string of the molecule is C=Cc1ccc(C(=O)NCCOP(=O)([O-])OC[C@H](COC(=O)CCCCCCC/C=C\CCCCCCCC)OC(=O)CCCCCCC/C=C\CCCCCCCC)cc1. The third-order valence-corrected chi connectivity index (χ3v) is 11.4. The highest BCUT2D eigenvalue weighted by Crippen LogP contribution is 2.38. The van der Waals surface area contributed by atoms with Gasteiger partial charge in [-0.15, -0.1) is 0 Å². The third-order valence-electron chi connectivity index (χ3n) is 10.5. The van der Waals surface area contributed by atoms with E-state index in [2.05, 4.69) is 50.0 Å². The van der Waals surface area contributed by atoms with Gasteiger partial charge in [0.1, 0.15) is 6.61 Å². The molecule has 2 atom stereocenters. The summed E-state index contributed by atoms with van der Waals surface area (Å²) < 4.78 is 33.5. The monoisotopic (exact) mass is 873 g/mol. The summed E-state index contributed by atoms with van der Waals surface area (Å²) in [6, 6.07) is 6.77. The second-order valence-electron chi connectivity index (χ2n) is 16.1. The van der Waals surface area contributed by atoms with Crippen molar-refractivity contribution in [2.24, 2.45) is 0 Å². The number of hydrogen-bond acceptors (Lipinski definition) is 9. The van der Waals surface area contributed by atoms with Gasteiger partial charge in [0.25, 0.3) is 13.7 Å². The minimum atomic E-state index is -4.83. The van der Waals surface area contributed by atoms with Crippen molar-refractivity contribution < 1.29 is 42.4 Å². The van der Waals surface area contributed by atoms with E-state index in [4.69, 9.17) is 18.5 Å². The topological polar surface area (TPSA) is 140 Å². The van der Waals surface area contributed by atoms with Gasteiger partial charge in [0.05, 0.1) is 13.2 Å². The van der Waals surface area contributed by atoms with E-state index in [9.17, 15) is 23.8 Å². The molecule has 0 fully saturated rings. The number of carbonyl (C=O) groups excluding carboxylic acids is 3. The van der Waals surface area contributed by atoms with Gasteiger partial charge in [0.2, 0.25) is 0 Å². The summed E-state index contributed by atoms with van der Waals surface area (Å²) in [5, 5.41) is 2.60. The highest BCUT2D eigenvalue weighted by atomic mass is 31.2. The van der Waals surface area contributed by atoms with Crippen LogP contribution in [0.2, 0.25) is 0 Å². The number of benzene rings is 1. The van der Waals surface area contributed by atoms with Crippen LogP contribution in [0.5, 0.6) is 0 Å². The van der Waals surface area contributed by atoms with Crippen LogP contribution in [0.1, 0.15) is 210 Å². The molecule has 348 valence electrons. The van der Waals surface area contributed by atoms with Crippen molar-refractivity contribution in [3.8, 4) is 0 Å². The van der Waals surface area contributed by atoms with Gasteiger partial charge in [0.15, 0.2) is 6.10 Å². The standard InChI is InChI=1S/C50H84NO9P/c1-4-7-9-11-13-15-17-19-21-23-25-27-29-31-33-35-48(52)57-43-47(44-59-61(55,56)58-42-41-51-50(54)46-39-37-45(6-3)38-40-46)60-49(53)36-34-32-30-28-26-24-22-20-18-16-14-12-10-8-5-2/h6,19-22,37-40,47H,3-5,7-18,23-36,41-44H2,1-2H3,(H,51,54)(H,55,56)/p-1/b21-19-,22-20-/t47-/m0/s1. The highest BCUT2D eigenvalue weighted by Gasteiger charge is 2.21. The molecule has 1 unspecified atom stereocenters. The van der Waals surface area contributed by atoms with Crippen molar-refractivity contribution in [2.75, 3.05) is 26.4 Å². The number of allylic oxidation sites excluding steroid dienone is 4. The van der Waals surface area contributed by atoms with E-state index in [0.29, 0.717) is 18.4 Å². The Morgan fingerprint density at radius 3 is 1.54 bits per heavy atom. The van der Waals surface area contributed by atoms with Gasteiger partial charge >= 0.3 is 11.9 Å². The lowest BCUT2D eigenvalue weighted by molar-refractivity contribution is -0.228. The van der Waals surface area contributed by atoms with E-state index in [0.717, 1.165) is 82.6 Å². The minimum absolute atomic E-state index is 0.0834. The molecular weight excluding hydrogens is 790 g/mol. The number of unbranched alkanes of at least 4 members (excludes halogenated alkanes) is 22. The summed E-state index contributed by atoms with van der Waals surface area (Å²) >= 11 is 0. The van der Waals surface area contributed by atoms with E-state index < -0.39 is 32.5 Å². The third kappa shape index (κ3) is 35.2. The van der Waals surface area contributed by atoms with Gasteiger partial charge in [-0.3, -0.25) is 18.9 Å². The lowest BCUT2D eigenvalue weighted by Crippen LogP contribution is -2.31. The summed E-state index contributed by atoms with van der Waals surface area (Å²) in [4.78, 5) is 50.2. The molecule has 0 aliphatic carbocycles. The fourth-order valence-electron chi connectivity index (χ4n) is 6.71. The zero-order valence-electron chi connectivity index (χ0n) is 38.2. The van der Waals surface area contributed by atoms with Crippen LogP contribution in [0, 0.1) is 0 Å². The number of carbonyl (C=O) groups is 3. The van der Waals surface area contributed by atoms with Gasteiger partial charge in [0, 0.05) is 24.9 Å². The Balaban J connectivity index is 2.42. The Labute approximate surface area is 370 Å². The zero-order valence-corrected chi connectivity index (χ0v) is 39.1. The number of ether oxygens (including phenoxy) is 2. The number of rotatable bonds is 42. The molecule has 0 heterocycles. The van der Waals surface area contributed by atoms with Crippen LogP contribution in [0.15, 0.2) is 55.1 Å². The summed E-state index contributed by atoms with van der Waals surface area (Å²) in [5.41, 5.74) is 1.27. The van der Waals surface area contributed by atoms with Crippen molar-refractivity contribution in [1.82, 2.24) is 5.32 Å². The van der Waals surface area contributed by atoms with Gasteiger partial charge in [-0.2, -0.15) is 0 Å². The molecule has 0 radical (unpaired) electrons. The van der Waals surface area contributed by atoms with Crippen LogP contribution in [-0.2, 0) is 32.7 Å². The Morgan fingerprint density at radius 2 is 1.07 bits per heavy atom. The second kappa shape index (κ2) is 39.8. The van der Waals surface area contributed by atoms with Crippen LogP contribution in [0.25, 0.3) is 6.08 Å². The number of amides is 1. The van der Waals surface area contributed by atoms with Crippen LogP contribution >= 0.6 is 7.82 Å². The number of phosphoric acid groups is 1. The average molecular weight is 873 g/mol. The molecule has 0 saturated carbocycles. The van der Waals surface area contributed by atoms with Gasteiger partial charge in [-0.25, -0.2) is 0 Å². The number of phosphoric ester groups is 1. The van der Waals surface area contributed by atoms with E-state index in [1.807, 2.05) is 0 Å². The van der Waals surface area contributed by atoms with Crippen molar-refractivity contribution in [2.45, 2.75) is 200 Å². The fourth-order valence-corrected chi connectivity index (χ4v) is 7.44. The smallest absolute Gasteiger partial charge is 0.306 e. The minimum Gasteiger partial charge on any atom is -0.756 e. The van der Waals surface area contributed by atoms with E-state index in [-0.39, 0.29) is 38.5 Å². The Morgan fingerprint density at radius 1 is 0.623 bits per heavy atom. The first kappa shape index (κ1) is 56.0. The second-order valence-corrected chi connectivity index (χ2v) is 17.5. The first-order valence-corrected chi connectivity index (χ1v) is 25.4. The molecule has 0 aliphatic heterocycles. The Bertz CT molecular complexity index is 1360. The summed E-state index contributed by atoms with van der Waals surface area (Å²) in [6.07, 6.45) is 40.0. The van der Waals surface area contributed by atoms with E-state index >= 15 is 0 Å². The molecule has 0 spiro atoms. The van der Waals surface area contributed by atoms with Gasteiger partial charge in [-0.1, -0.05) is 166 Å². The normalized spacial score (nSPS) is 13.0. The van der Waals surface area contributed by atoms with Crippen LogP contribution in [0.4, 0.5) is 0 Å². The first-order valence-electron chi connectivity index (χ1n) is 24.0. The first-order chi connectivity index (χ1) is 29.7. The molecule has 10 nitrogen and oxygen atoms in total. The van der Waals surface area contributed by atoms with Crippen LogP contribution in [-0.4, -0.2) is 50.3 Å². The van der Waals surface area contributed by atoms with E-state index in [1.165, 1.54) is 77.0 Å². The molecular formula is C50H83NO9P-. The molecule has 1 N–H and O–H groups in total. The number of hydrogen-bond donors (Lipinski definition) is 1. The van der Waals surface area contributed by atoms with Crippen molar-refractivity contribution in [3.05, 3.63) is 66.3 Å². The van der Waals surface area contributed by atoms with Crippen molar-refractivity contribution >= 4 is 31.7 Å². The predicted octanol–water partition coefficient (Wildman–Crippen LogP) is 13.1. The fraction of sp³-hybridized carbons (Fsp3) is 0.700. The Kier molecular flexibility index (Phi) is 36.5. The zero-order chi connectivity index (χ0) is 44.5. The number of nitrogens with one attached hydrogen (secondary N) is 1. The molecule has 0 aromatic heterocycles. The largest absolute Gasteiger partial charge is 0.756 e. The molecule has 1 aromatic rings. The molecule has 1 amide bonds.